The second-order valence-corrected chi connectivity index (χ2v) is 15.7. The summed E-state index contributed by atoms with van der Waals surface area (Å²) < 4.78 is 0. The zero-order valence-corrected chi connectivity index (χ0v) is 27.3. The quantitative estimate of drug-likeness (QED) is 0.194. The minimum Gasteiger partial charge on any atom is -0.255 e. The van der Waals surface area contributed by atoms with E-state index in [9.17, 15) is 0 Å². The molecular formula is C42H42N4. The first-order chi connectivity index (χ1) is 22.3. The summed E-state index contributed by atoms with van der Waals surface area (Å²) >= 11 is 0. The van der Waals surface area contributed by atoms with Crippen molar-refractivity contribution in [1.29, 1.82) is 0 Å². The summed E-state index contributed by atoms with van der Waals surface area (Å²) in [6.07, 6.45) is 12.8. The van der Waals surface area contributed by atoms with E-state index in [2.05, 4.69) is 111 Å². The van der Waals surface area contributed by atoms with Crippen molar-refractivity contribution >= 4 is 0 Å². The van der Waals surface area contributed by atoms with Crippen LogP contribution in [0.5, 0.6) is 0 Å². The standard InChI is InChI=1S/C42H42N4/c1-41(2)33-21-35(41)31-23-45-39(37-12-5-7-14-43-37)19-27(31)29(33)17-25-10-9-11-26(16-25)18-30-28-20-40(38-13-6-8-15-44-38)46-24-32(28)36-22-34(30)42(36,3)4/h5-16,19-20,23-24,29-30,33-36H,17-18,21-22H2,1-4H3/t29-,30?,33?,34-,35-,36+/m1/s1. The van der Waals surface area contributed by atoms with E-state index in [1.165, 1.54) is 46.2 Å². The summed E-state index contributed by atoms with van der Waals surface area (Å²) in [5.74, 6) is 3.55. The highest BCUT2D eigenvalue weighted by Gasteiger charge is 2.58. The lowest BCUT2D eigenvalue weighted by molar-refractivity contribution is -0.00613. The van der Waals surface area contributed by atoms with Crippen LogP contribution in [-0.2, 0) is 12.8 Å². The van der Waals surface area contributed by atoms with Gasteiger partial charge in [0.25, 0.3) is 0 Å². The third-order valence-corrected chi connectivity index (χ3v) is 12.9. The smallest absolute Gasteiger partial charge is 0.0889 e. The molecule has 4 heteroatoms. The lowest BCUT2D eigenvalue weighted by Gasteiger charge is -2.60. The molecule has 2 fully saturated rings. The van der Waals surface area contributed by atoms with Crippen LogP contribution in [-0.4, -0.2) is 19.9 Å². The molecule has 0 aliphatic heterocycles. The molecule has 6 aliphatic rings. The minimum atomic E-state index is 0.307. The van der Waals surface area contributed by atoms with Crippen molar-refractivity contribution in [2.45, 2.75) is 77.0 Å². The second kappa shape index (κ2) is 10.2. The molecule has 2 unspecified atom stereocenters. The van der Waals surface area contributed by atoms with Crippen LogP contribution in [0.2, 0.25) is 0 Å². The van der Waals surface area contributed by atoms with E-state index < -0.39 is 0 Å². The summed E-state index contributed by atoms with van der Waals surface area (Å²) in [5, 5.41) is 0. The van der Waals surface area contributed by atoms with Gasteiger partial charge in [0.2, 0.25) is 0 Å². The van der Waals surface area contributed by atoms with E-state index in [0.29, 0.717) is 46.3 Å². The van der Waals surface area contributed by atoms with E-state index in [1.807, 2.05) is 24.5 Å². The number of nitrogens with zero attached hydrogens (tertiary/aromatic N) is 4. The second-order valence-electron chi connectivity index (χ2n) is 15.7. The topological polar surface area (TPSA) is 51.6 Å². The van der Waals surface area contributed by atoms with Crippen molar-refractivity contribution in [3.8, 4) is 22.8 Å². The summed E-state index contributed by atoms with van der Waals surface area (Å²) in [6, 6.07) is 26.5. The van der Waals surface area contributed by atoms with Gasteiger partial charge in [0.1, 0.15) is 0 Å². The van der Waals surface area contributed by atoms with E-state index in [0.717, 1.165) is 35.6 Å². The van der Waals surface area contributed by atoms with Crippen LogP contribution in [0.3, 0.4) is 0 Å². The maximum Gasteiger partial charge on any atom is 0.0889 e. The number of aromatic nitrogens is 4. The zero-order chi connectivity index (χ0) is 31.2. The molecule has 0 N–H and O–H groups in total. The van der Waals surface area contributed by atoms with Gasteiger partial charge in [-0.2, -0.15) is 0 Å². The summed E-state index contributed by atoms with van der Waals surface area (Å²) in [5.41, 5.74) is 13.4. The van der Waals surface area contributed by atoms with Gasteiger partial charge in [-0.15, -0.1) is 0 Å². The molecule has 230 valence electrons. The van der Waals surface area contributed by atoms with Crippen molar-refractivity contribution in [2.24, 2.45) is 22.7 Å². The van der Waals surface area contributed by atoms with Crippen LogP contribution < -0.4 is 0 Å². The fraction of sp³-hybridized carbons (Fsp3) is 0.381. The number of benzene rings is 1. The lowest BCUT2D eigenvalue weighted by atomic mass is 9.43. The number of pyridine rings is 4. The zero-order valence-electron chi connectivity index (χ0n) is 27.3. The van der Waals surface area contributed by atoms with Gasteiger partial charge in [0.15, 0.2) is 0 Å². The summed E-state index contributed by atoms with van der Waals surface area (Å²) in [4.78, 5) is 19.1. The number of rotatable bonds is 6. The van der Waals surface area contributed by atoms with Crippen molar-refractivity contribution in [3.05, 3.63) is 131 Å². The highest BCUT2D eigenvalue weighted by molar-refractivity contribution is 5.59. The third kappa shape index (κ3) is 4.18. The minimum absolute atomic E-state index is 0.307. The largest absolute Gasteiger partial charge is 0.255 e. The van der Waals surface area contributed by atoms with Gasteiger partial charge < -0.3 is 0 Å². The Labute approximate surface area is 272 Å². The van der Waals surface area contributed by atoms with Crippen molar-refractivity contribution < 1.29 is 0 Å². The predicted molar refractivity (Wildman–Crippen MR) is 184 cm³/mol. The molecule has 4 heterocycles. The normalized spacial score (nSPS) is 27.5. The van der Waals surface area contributed by atoms with Gasteiger partial charge in [-0.05, 0) is 142 Å². The van der Waals surface area contributed by atoms with Crippen LogP contribution in [0.15, 0.2) is 97.6 Å². The van der Waals surface area contributed by atoms with Gasteiger partial charge in [-0.25, -0.2) is 0 Å². The molecule has 1 aromatic carbocycles. The number of hydrogen-bond donors (Lipinski definition) is 0. The fourth-order valence-corrected chi connectivity index (χ4v) is 10.2. The van der Waals surface area contributed by atoms with E-state index in [4.69, 9.17) is 9.97 Å². The Kier molecular flexibility index (Phi) is 6.20. The summed E-state index contributed by atoms with van der Waals surface area (Å²) in [7, 11) is 0. The average Bonchev–Trinajstić information content (AvgIpc) is 3.08. The van der Waals surface area contributed by atoms with E-state index in [-0.39, 0.29) is 0 Å². The van der Waals surface area contributed by atoms with E-state index in [1.54, 1.807) is 0 Å². The Hall–Kier alpha value is -4.18. The van der Waals surface area contributed by atoms with Crippen LogP contribution in [0.25, 0.3) is 22.8 Å². The Morgan fingerprint density at radius 1 is 0.522 bits per heavy atom. The van der Waals surface area contributed by atoms with E-state index >= 15 is 0 Å². The van der Waals surface area contributed by atoms with Gasteiger partial charge >= 0.3 is 0 Å². The highest BCUT2D eigenvalue weighted by Crippen LogP contribution is 2.68. The molecule has 6 aliphatic carbocycles. The Morgan fingerprint density at radius 2 is 1.00 bits per heavy atom. The van der Waals surface area contributed by atoms with Crippen LogP contribution in [0, 0.1) is 22.7 Å². The SMILES string of the molecule is CC1(C)C2C[C@@H]1c1cnc(-c3ccccn3)cc1[C@H]2Cc1cccc(CC2c3cc(-c4ccccn4)ncc3[C@@H]3C[C@H]2C3(C)C)c1. The molecule has 2 saturated carbocycles. The molecule has 4 bridgehead atoms. The highest BCUT2D eigenvalue weighted by atomic mass is 14.8. The molecule has 0 amide bonds. The fourth-order valence-electron chi connectivity index (χ4n) is 10.2. The molecule has 46 heavy (non-hydrogen) atoms. The molecule has 4 aromatic heterocycles. The molecular weight excluding hydrogens is 560 g/mol. The molecule has 0 saturated heterocycles. The molecule has 6 atom stereocenters. The monoisotopic (exact) mass is 602 g/mol. The van der Waals surface area contributed by atoms with Gasteiger partial charge in [-0.1, -0.05) is 64.1 Å². The van der Waals surface area contributed by atoms with Crippen molar-refractivity contribution in [2.75, 3.05) is 0 Å². The van der Waals surface area contributed by atoms with Crippen LogP contribution in [0.1, 0.15) is 97.6 Å². The van der Waals surface area contributed by atoms with Crippen molar-refractivity contribution in [3.63, 3.8) is 0 Å². The van der Waals surface area contributed by atoms with Gasteiger partial charge in [0, 0.05) is 24.8 Å². The Morgan fingerprint density at radius 3 is 1.41 bits per heavy atom. The molecule has 4 nitrogen and oxygen atoms in total. The first kappa shape index (κ1) is 28.1. The van der Waals surface area contributed by atoms with Gasteiger partial charge in [0.05, 0.1) is 22.8 Å². The van der Waals surface area contributed by atoms with Crippen LogP contribution in [0.4, 0.5) is 0 Å². The maximum atomic E-state index is 4.92. The first-order valence-corrected chi connectivity index (χ1v) is 17.2. The number of hydrogen-bond acceptors (Lipinski definition) is 4. The third-order valence-electron chi connectivity index (χ3n) is 12.9. The van der Waals surface area contributed by atoms with Crippen LogP contribution >= 0.6 is 0 Å². The molecule has 11 rings (SSSR count). The summed E-state index contributed by atoms with van der Waals surface area (Å²) in [6.45, 7) is 9.92. The molecule has 5 aromatic rings. The van der Waals surface area contributed by atoms with Gasteiger partial charge in [-0.3, -0.25) is 19.9 Å². The van der Waals surface area contributed by atoms with Crippen molar-refractivity contribution in [1.82, 2.24) is 19.9 Å². The lowest BCUT2D eigenvalue weighted by Crippen LogP contribution is -2.51. The average molecular weight is 603 g/mol. The Balaban J connectivity index is 1.04. The predicted octanol–water partition coefficient (Wildman–Crippen LogP) is 9.54. The first-order valence-electron chi connectivity index (χ1n) is 17.2. The maximum absolute atomic E-state index is 4.92. The Bertz CT molecular complexity index is 1810. The molecule has 0 radical (unpaired) electrons. The molecule has 0 spiro atoms.